The van der Waals surface area contributed by atoms with Crippen LogP contribution < -0.4 is 11.2 Å². The van der Waals surface area contributed by atoms with Gasteiger partial charge in [-0.2, -0.15) is 0 Å². The molecule has 0 fully saturated rings. The first kappa shape index (κ1) is 9.83. The zero-order chi connectivity index (χ0) is 9.68. The van der Waals surface area contributed by atoms with Crippen LogP contribution in [0, 0.1) is 0 Å². The van der Waals surface area contributed by atoms with Crippen molar-refractivity contribution in [2.75, 3.05) is 0 Å². The van der Waals surface area contributed by atoms with Crippen molar-refractivity contribution >= 4 is 17.6 Å². The van der Waals surface area contributed by atoms with Crippen LogP contribution in [0.25, 0.3) is 0 Å². The van der Waals surface area contributed by atoms with Crippen LogP contribution >= 0.6 is 11.6 Å². The molecule has 1 aromatic carbocycles. The Labute approximate surface area is 80.6 Å². The van der Waals surface area contributed by atoms with Gasteiger partial charge in [-0.3, -0.25) is 4.84 Å². The van der Waals surface area contributed by atoms with E-state index >= 15 is 0 Å². The Balaban J connectivity index is 2.37. The predicted molar refractivity (Wildman–Crippen MR) is 49.0 cm³/mol. The third kappa shape index (κ3) is 3.78. The number of hydroxylamine groups is 1. The zero-order valence-electron chi connectivity index (χ0n) is 6.79. The monoisotopic (exact) mass is 200 g/mol. The lowest BCUT2D eigenvalue weighted by Gasteiger charge is -2.02. The standard InChI is InChI=1S/C8H9ClN2O2/c9-7-3-1-6(2-4-7)5-13-11-8(10)12/h1-4H,5H2,(H3,10,11,12). The van der Waals surface area contributed by atoms with Crippen LogP contribution in [0.15, 0.2) is 24.3 Å². The summed E-state index contributed by atoms with van der Waals surface area (Å²) in [5.41, 5.74) is 7.70. The fourth-order valence-electron chi connectivity index (χ4n) is 0.771. The molecule has 1 rings (SSSR count). The first-order valence-corrected chi connectivity index (χ1v) is 3.98. The van der Waals surface area contributed by atoms with Crippen LogP contribution in [-0.4, -0.2) is 6.03 Å². The maximum Gasteiger partial charge on any atom is 0.336 e. The van der Waals surface area contributed by atoms with Crippen molar-refractivity contribution in [2.45, 2.75) is 6.61 Å². The van der Waals surface area contributed by atoms with E-state index in [9.17, 15) is 4.79 Å². The van der Waals surface area contributed by atoms with Crippen molar-refractivity contribution in [3.8, 4) is 0 Å². The van der Waals surface area contributed by atoms with Crippen LogP contribution in [0.5, 0.6) is 0 Å². The summed E-state index contributed by atoms with van der Waals surface area (Å²) in [6, 6.07) is 6.36. The van der Waals surface area contributed by atoms with Gasteiger partial charge in [0.2, 0.25) is 0 Å². The van der Waals surface area contributed by atoms with Gasteiger partial charge in [0.25, 0.3) is 0 Å². The second-order valence-electron chi connectivity index (χ2n) is 2.38. The highest BCUT2D eigenvalue weighted by molar-refractivity contribution is 6.30. The quantitative estimate of drug-likeness (QED) is 0.726. The van der Waals surface area contributed by atoms with Gasteiger partial charge >= 0.3 is 6.03 Å². The first-order valence-electron chi connectivity index (χ1n) is 3.60. The van der Waals surface area contributed by atoms with Gasteiger partial charge in [0.05, 0.1) is 6.61 Å². The molecule has 5 heteroatoms. The average molecular weight is 201 g/mol. The lowest BCUT2D eigenvalue weighted by molar-refractivity contribution is 0.0521. The summed E-state index contributed by atoms with van der Waals surface area (Å²) >= 11 is 5.67. The van der Waals surface area contributed by atoms with Crippen molar-refractivity contribution in [2.24, 2.45) is 5.73 Å². The third-order valence-corrected chi connectivity index (χ3v) is 1.58. The SMILES string of the molecule is NC(=O)NOCc1ccc(Cl)cc1. The Morgan fingerprint density at radius 2 is 2.08 bits per heavy atom. The van der Waals surface area contributed by atoms with E-state index in [0.717, 1.165) is 5.56 Å². The molecule has 0 heterocycles. The van der Waals surface area contributed by atoms with E-state index < -0.39 is 6.03 Å². The summed E-state index contributed by atoms with van der Waals surface area (Å²) in [6.07, 6.45) is 0. The lowest BCUT2D eigenvalue weighted by Crippen LogP contribution is -2.29. The van der Waals surface area contributed by atoms with Crippen molar-refractivity contribution < 1.29 is 9.63 Å². The number of amides is 2. The van der Waals surface area contributed by atoms with Gasteiger partial charge in [0.15, 0.2) is 0 Å². The topological polar surface area (TPSA) is 64.4 Å². The van der Waals surface area contributed by atoms with Crippen molar-refractivity contribution in [1.29, 1.82) is 0 Å². The van der Waals surface area contributed by atoms with Crippen LogP contribution in [0.3, 0.4) is 0 Å². The molecule has 0 radical (unpaired) electrons. The van der Waals surface area contributed by atoms with E-state index in [1.165, 1.54) is 0 Å². The number of rotatable bonds is 3. The van der Waals surface area contributed by atoms with Gasteiger partial charge in [-0.1, -0.05) is 23.7 Å². The summed E-state index contributed by atoms with van der Waals surface area (Å²) in [7, 11) is 0. The number of hydrogen-bond acceptors (Lipinski definition) is 2. The molecular formula is C8H9ClN2O2. The molecule has 2 amide bonds. The lowest BCUT2D eigenvalue weighted by atomic mass is 10.2. The number of nitrogens with one attached hydrogen (secondary N) is 1. The minimum atomic E-state index is -0.714. The highest BCUT2D eigenvalue weighted by Crippen LogP contribution is 2.09. The minimum Gasteiger partial charge on any atom is -0.350 e. The Hall–Kier alpha value is -1.26. The number of urea groups is 1. The second-order valence-corrected chi connectivity index (χ2v) is 2.82. The minimum absolute atomic E-state index is 0.264. The molecule has 0 aliphatic carbocycles. The zero-order valence-corrected chi connectivity index (χ0v) is 7.54. The molecule has 13 heavy (non-hydrogen) atoms. The Morgan fingerprint density at radius 3 is 2.62 bits per heavy atom. The van der Waals surface area contributed by atoms with Crippen LogP contribution in [-0.2, 0) is 11.4 Å². The smallest absolute Gasteiger partial charge is 0.336 e. The third-order valence-electron chi connectivity index (χ3n) is 1.32. The van der Waals surface area contributed by atoms with E-state index in [1.54, 1.807) is 24.3 Å². The average Bonchev–Trinajstić information content (AvgIpc) is 2.08. The largest absolute Gasteiger partial charge is 0.350 e. The number of carbonyl (C=O) groups is 1. The molecule has 0 aromatic heterocycles. The van der Waals surface area contributed by atoms with Gasteiger partial charge < -0.3 is 5.73 Å². The summed E-state index contributed by atoms with van der Waals surface area (Å²) in [5.74, 6) is 0. The first-order chi connectivity index (χ1) is 6.18. The highest BCUT2D eigenvalue weighted by Gasteiger charge is 1.94. The predicted octanol–water partition coefficient (Wildman–Crippen LogP) is 1.44. The van der Waals surface area contributed by atoms with E-state index in [4.69, 9.17) is 22.2 Å². The molecule has 0 aliphatic rings. The van der Waals surface area contributed by atoms with Crippen LogP contribution in [0.2, 0.25) is 5.02 Å². The molecule has 0 aliphatic heterocycles. The number of benzene rings is 1. The maximum atomic E-state index is 10.2. The van der Waals surface area contributed by atoms with E-state index in [-0.39, 0.29) is 6.61 Å². The molecule has 0 atom stereocenters. The molecule has 3 N–H and O–H groups in total. The van der Waals surface area contributed by atoms with Gasteiger partial charge in [-0.05, 0) is 17.7 Å². The van der Waals surface area contributed by atoms with Gasteiger partial charge in [0.1, 0.15) is 0 Å². The number of nitrogens with two attached hydrogens (primary N) is 1. The van der Waals surface area contributed by atoms with E-state index in [0.29, 0.717) is 5.02 Å². The Kier molecular flexibility index (Phi) is 3.54. The molecule has 4 nitrogen and oxygen atoms in total. The number of primary amides is 1. The molecule has 0 spiro atoms. The van der Waals surface area contributed by atoms with Gasteiger partial charge in [-0.15, -0.1) is 0 Å². The number of halogens is 1. The van der Waals surface area contributed by atoms with Crippen molar-refractivity contribution in [3.05, 3.63) is 34.9 Å². The van der Waals surface area contributed by atoms with Crippen molar-refractivity contribution in [3.63, 3.8) is 0 Å². The Bertz CT molecular complexity index is 287. The molecule has 0 bridgehead atoms. The molecular weight excluding hydrogens is 192 g/mol. The van der Waals surface area contributed by atoms with Gasteiger partial charge in [0, 0.05) is 5.02 Å². The summed E-state index contributed by atoms with van der Waals surface area (Å²) in [5, 5.41) is 0.659. The fraction of sp³-hybridized carbons (Fsp3) is 0.125. The molecule has 0 saturated heterocycles. The second kappa shape index (κ2) is 4.69. The van der Waals surface area contributed by atoms with E-state index in [1.807, 2.05) is 5.48 Å². The summed E-state index contributed by atoms with van der Waals surface area (Å²) < 4.78 is 0. The number of hydrogen-bond donors (Lipinski definition) is 2. The van der Waals surface area contributed by atoms with Crippen LogP contribution in [0.1, 0.15) is 5.56 Å². The molecule has 1 aromatic rings. The van der Waals surface area contributed by atoms with Gasteiger partial charge in [-0.25, -0.2) is 10.3 Å². The van der Waals surface area contributed by atoms with Crippen molar-refractivity contribution in [1.82, 2.24) is 5.48 Å². The molecule has 0 saturated carbocycles. The fourth-order valence-corrected chi connectivity index (χ4v) is 0.897. The Morgan fingerprint density at radius 1 is 1.46 bits per heavy atom. The summed E-state index contributed by atoms with van der Waals surface area (Å²) in [4.78, 5) is 15.0. The number of carbonyl (C=O) groups excluding carboxylic acids is 1. The maximum absolute atomic E-state index is 10.2. The van der Waals surface area contributed by atoms with Crippen LogP contribution in [0.4, 0.5) is 4.79 Å². The normalized spacial score (nSPS) is 9.62. The molecule has 0 unspecified atom stereocenters. The molecule has 70 valence electrons. The van der Waals surface area contributed by atoms with E-state index in [2.05, 4.69) is 0 Å². The summed E-state index contributed by atoms with van der Waals surface area (Å²) in [6.45, 7) is 0.264. The highest BCUT2D eigenvalue weighted by atomic mass is 35.5.